The number of hydrogen-bond donors (Lipinski definition) is 3. The molecule has 0 radical (unpaired) electrons. The standard InChI is InChI=1S/C12H21N5O2/c1-18-7-11-15-9(6-10(16-11)17-13)14-8-12(19-2)4-3-5-12/h6H,3-5,7-8,13H2,1-2H3,(H2,14,15,16,17). The molecule has 7 heteroatoms. The summed E-state index contributed by atoms with van der Waals surface area (Å²) >= 11 is 0. The van der Waals surface area contributed by atoms with Gasteiger partial charge >= 0.3 is 0 Å². The highest BCUT2D eigenvalue weighted by atomic mass is 16.5. The Bertz CT molecular complexity index is 417. The highest BCUT2D eigenvalue weighted by Crippen LogP contribution is 2.35. The Morgan fingerprint density at radius 3 is 2.58 bits per heavy atom. The maximum absolute atomic E-state index is 5.56. The molecule has 2 rings (SSSR count). The molecule has 0 unspecified atom stereocenters. The average Bonchev–Trinajstić information content (AvgIpc) is 2.38. The molecule has 4 N–H and O–H groups in total. The Morgan fingerprint density at radius 1 is 1.32 bits per heavy atom. The van der Waals surface area contributed by atoms with Crippen LogP contribution in [0, 0.1) is 0 Å². The molecular formula is C12H21N5O2. The Labute approximate surface area is 112 Å². The van der Waals surface area contributed by atoms with Crippen molar-refractivity contribution in [2.75, 3.05) is 31.5 Å². The van der Waals surface area contributed by atoms with Gasteiger partial charge in [0, 0.05) is 26.8 Å². The van der Waals surface area contributed by atoms with E-state index in [1.54, 1.807) is 20.3 Å². The van der Waals surface area contributed by atoms with Crippen molar-refractivity contribution < 1.29 is 9.47 Å². The molecule has 0 amide bonds. The number of hydrogen-bond acceptors (Lipinski definition) is 7. The van der Waals surface area contributed by atoms with Gasteiger partial charge in [-0.2, -0.15) is 0 Å². The molecule has 106 valence electrons. The number of aromatic nitrogens is 2. The minimum Gasteiger partial charge on any atom is -0.377 e. The fraction of sp³-hybridized carbons (Fsp3) is 0.667. The fourth-order valence-electron chi connectivity index (χ4n) is 2.13. The Balaban J connectivity index is 2.04. The molecule has 0 aliphatic heterocycles. The molecule has 1 fully saturated rings. The van der Waals surface area contributed by atoms with Crippen molar-refractivity contribution in [1.29, 1.82) is 0 Å². The van der Waals surface area contributed by atoms with E-state index in [-0.39, 0.29) is 5.60 Å². The van der Waals surface area contributed by atoms with Crippen LogP contribution >= 0.6 is 0 Å². The molecule has 1 aliphatic rings. The van der Waals surface area contributed by atoms with Gasteiger partial charge in [-0.05, 0) is 19.3 Å². The number of rotatable bonds is 7. The third-order valence-electron chi connectivity index (χ3n) is 3.48. The van der Waals surface area contributed by atoms with Crippen LogP contribution in [0.3, 0.4) is 0 Å². The first-order chi connectivity index (χ1) is 9.21. The van der Waals surface area contributed by atoms with Crippen molar-refractivity contribution in [3.63, 3.8) is 0 Å². The van der Waals surface area contributed by atoms with E-state index >= 15 is 0 Å². The lowest BCUT2D eigenvalue weighted by Crippen LogP contribution is -2.45. The zero-order valence-electron chi connectivity index (χ0n) is 11.4. The molecular weight excluding hydrogens is 246 g/mol. The third-order valence-corrected chi connectivity index (χ3v) is 3.48. The van der Waals surface area contributed by atoms with Crippen molar-refractivity contribution in [2.45, 2.75) is 31.5 Å². The molecule has 19 heavy (non-hydrogen) atoms. The van der Waals surface area contributed by atoms with Crippen LogP contribution in [-0.2, 0) is 16.1 Å². The minimum atomic E-state index is -0.0529. The average molecular weight is 267 g/mol. The Kier molecular flexibility index (Phi) is 4.52. The number of nitrogens with two attached hydrogens (primary N) is 1. The van der Waals surface area contributed by atoms with Crippen LogP contribution in [0.2, 0.25) is 0 Å². The number of nitrogens with one attached hydrogen (secondary N) is 2. The van der Waals surface area contributed by atoms with Gasteiger partial charge in [-0.1, -0.05) is 0 Å². The number of nitrogens with zero attached hydrogens (tertiary/aromatic N) is 2. The smallest absolute Gasteiger partial charge is 0.158 e. The van der Waals surface area contributed by atoms with Gasteiger partial charge in [-0.25, -0.2) is 15.8 Å². The van der Waals surface area contributed by atoms with Crippen molar-refractivity contribution in [3.8, 4) is 0 Å². The monoisotopic (exact) mass is 267 g/mol. The lowest BCUT2D eigenvalue weighted by Gasteiger charge is -2.40. The van der Waals surface area contributed by atoms with Crippen LogP contribution in [0.5, 0.6) is 0 Å². The van der Waals surface area contributed by atoms with Crippen LogP contribution in [0.15, 0.2) is 6.07 Å². The second-order valence-electron chi connectivity index (χ2n) is 4.73. The number of nitrogen functional groups attached to an aromatic ring is 1. The summed E-state index contributed by atoms with van der Waals surface area (Å²) in [6.07, 6.45) is 3.37. The summed E-state index contributed by atoms with van der Waals surface area (Å²) < 4.78 is 10.6. The second-order valence-corrected chi connectivity index (χ2v) is 4.73. The van der Waals surface area contributed by atoms with Crippen molar-refractivity contribution in [2.24, 2.45) is 5.84 Å². The molecule has 1 saturated carbocycles. The maximum atomic E-state index is 5.56. The number of hydrazine groups is 1. The maximum Gasteiger partial charge on any atom is 0.158 e. The summed E-state index contributed by atoms with van der Waals surface area (Å²) in [4.78, 5) is 8.57. The van der Waals surface area contributed by atoms with E-state index in [2.05, 4.69) is 20.7 Å². The van der Waals surface area contributed by atoms with E-state index in [9.17, 15) is 0 Å². The summed E-state index contributed by atoms with van der Waals surface area (Å²) in [6.45, 7) is 1.08. The van der Waals surface area contributed by atoms with E-state index < -0.39 is 0 Å². The van der Waals surface area contributed by atoms with Gasteiger partial charge in [0.05, 0.1) is 5.60 Å². The molecule has 0 atom stereocenters. The molecule has 0 saturated heterocycles. The van der Waals surface area contributed by atoms with E-state index in [4.69, 9.17) is 15.3 Å². The van der Waals surface area contributed by atoms with Gasteiger partial charge in [0.15, 0.2) is 5.82 Å². The molecule has 1 heterocycles. The Morgan fingerprint density at radius 2 is 2.05 bits per heavy atom. The van der Waals surface area contributed by atoms with Gasteiger partial charge in [0.2, 0.25) is 0 Å². The molecule has 7 nitrogen and oxygen atoms in total. The predicted molar refractivity (Wildman–Crippen MR) is 72.6 cm³/mol. The molecule has 1 aromatic rings. The summed E-state index contributed by atoms with van der Waals surface area (Å²) in [5.74, 6) is 7.26. The molecule has 1 aliphatic carbocycles. The zero-order chi connectivity index (χ0) is 13.7. The van der Waals surface area contributed by atoms with Crippen molar-refractivity contribution >= 4 is 11.6 Å². The predicted octanol–water partition coefficient (Wildman–Crippen LogP) is 0.890. The second kappa shape index (κ2) is 6.14. The van der Waals surface area contributed by atoms with Crippen LogP contribution < -0.4 is 16.6 Å². The number of methoxy groups -OCH3 is 2. The molecule has 0 bridgehead atoms. The first-order valence-electron chi connectivity index (χ1n) is 6.34. The van der Waals surface area contributed by atoms with Gasteiger partial charge < -0.3 is 20.2 Å². The van der Waals surface area contributed by atoms with Gasteiger partial charge in [-0.3, -0.25) is 0 Å². The van der Waals surface area contributed by atoms with E-state index in [0.29, 0.717) is 18.2 Å². The number of ether oxygens (including phenoxy) is 2. The van der Waals surface area contributed by atoms with Crippen molar-refractivity contribution in [3.05, 3.63) is 11.9 Å². The van der Waals surface area contributed by atoms with Crippen LogP contribution in [0.25, 0.3) is 0 Å². The van der Waals surface area contributed by atoms with Crippen molar-refractivity contribution in [1.82, 2.24) is 9.97 Å². The summed E-state index contributed by atoms with van der Waals surface area (Å²) in [7, 11) is 3.36. The molecule has 0 spiro atoms. The lowest BCUT2D eigenvalue weighted by atomic mass is 9.80. The minimum absolute atomic E-state index is 0.0529. The van der Waals surface area contributed by atoms with E-state index in [0.717, 1.165) is 25.2 Å². The first-order valence-corrected chi connectivity index (χ1v) is 6.34. The highest BCUT2D eigenvalue weighted by Gasteiger charge is 2.36. The van der Waals surface area contributed by atoms with Crippen LogP contribution in [0.4, 0.5) is 11.6 Å². The van der Waals surface area contributed by atoms with Crippen LogP contribution in [-0.4, -0.2) is 36.3 Å². The highest BCUT2D eigenvalue weighted by molar-refractivity contribution is 5.47. The first kappa shape index (κ1) is 14.0. The van der Waals surface area contributed by atoms with Gasteiger partial charge in [0.25, 0.3) is 0 Å². The molecule has 0 aromatic carbocycles. The Hall–Kier alpha value is -1.44. The SMILES string of the molecule is COCc1nc(NN)cc(NCC2(OC)CCC2)n1. The van der Waals surface area contributed by atoms with Crippen LogP contribution in [0.1, 0.15) is 25.1 Å². The van der Waals surface area contributed by atoms with Gasteiger partial charge in [0.1, 0.15) is 18.2 Å². The third kappa shape index (κ3) is 3.31. The lowest BCUT2D eigenvalue weighted by molar-refractivity contribution is -0.0601. The summed E-state index contributed by atoms with van der Waals surface area (Å²) in [5.41, 5.74) is 2.47. The van der Waals surface area contributed by atoms with E-state index in [1.807, 2.05) is 0 Å². The zero-order valence-corrected chi connectivity index (χ0v) is 11.4. The quantitative estimate of drug-likeness (QED) is 0.499. The topological polar surface area (TPSA) is 94.3 Å². The normalized spacial score (nSPS) is 16.8. The van der Waals surface area contributed by atoms with Gasteiger partial charge in [-0.15, -0.1) is 0 Å². The molecule has 1 aromatic heterocycles. The number of anilines is 2. The fourth-order valence-corrected chi connectivity index (χ4v) is 2.13. The largest absolute Gasteiger partial charge is 0.377 e. The van der Waals surface area contributed by atoms with E-state index in [1.165, 1.54) is 6.42 Å². The summed E-state index contributed by atoms with van der Waals surface area (Å²) in [6, 6.07) is 1.77. The summed E-state index contributed by atoms with van der Waals surface area (Å²) in [5, 5.41) is 3.28.